The Balaban J connectivity index is 1.53. The van der Waals surface area contributed by atoms with E-state index in [0.717, 1.165) is 6.54 Å². The molecule has 2 saturated heterocycles. The number of fused-ring (bicyclic) bond motifs is 4. The largest absolute Gasteiger partial charge is 0.366 e. The minimum atomic E-state index is 0.207. The van der Waals surface area contributed by atoms with Crippen LogP contribution < -0.4 is 0 Å². The van der Waals surface area contributed by atoms with Crippen molar-refractivity contribution in [3.8, 4) is 0 Å². The van der Waals surface area contributed by atoms with E-state index in [1.165, 1.54) is 5.56 Å². The molecule has 0 aromatic heterocycles. The summed E-state index contributed by atoms with van der Waals surface area (Å²) in [6.45, 7) is 0.743. The Morgan fingerprint density at radius 1 is 1.20 bits per heavy atom. The van der Waals surface area contributed by atoms with Crippen molar-refractivity contribution >= 4 is 5.91 Å². The third-order valence-corrected chi connectivity index (χ3v) is 3.74. The Hall–Kier alpha value is -1.35. The molecule has 1 aromatic carbocycles. The number of rotatable bonds is 2. The maximum atomic E-state index is 11.7. The summed E-state index contributed by atoms with van der Waals surface area (Å²) in [6.07, 6.45) is 0.658. The van der Waals surface area contributed by atoms with E-state index in [2.05, 4.69) is 12.1 Å². The molecule has 0 spiro atoms. The number of carbonyl (C=O) groups is 1. The molecule has 4 atom stereocenters. The van der Waals surface area contributed by atoms with Gasteiger partial charge in [0.05, 0.1) is 12.0 Å². The molecule has 1 saturated carbocycles. The van der Waals surface area contributed by atoms with Gasteiger partial charge in [0.1, 0.15) is 12.2 Å². The predicted molar refractivity (Wildman–Crippen MR) is 52.9 cm³/mol. The summed E-state index contributed by atoms with van der Waals surface area (Å²) in [4.78, 5) is 13.7. The van der Waals surface area contributed by atoms with Crippen LogP contribution in [0.3, 0.4) is 0 Å². The maximum Gasteiger partial charge on any atom is 0.231 e. The maximum absolute atomic E-state index is 11.7. The fraction of sp³-hybridized carbons (Fsp3) is 0.417. The van der Waals surface area contributed by atoms with Gasteiger partial charge in [0, 0.05) is 6.54 Å². The molecular formula is C12H11NO2. The number of amides is 1. The van der Waals surface area contributed by atoms with Crippen molar-refractivity contribution in [2.45, 2.75) is 24.8 Å². The van der Waals surface area contributed by atoms with Gasteiger partial charge in [0.2, 0.25) is 5.91 Å². The van der Waals surface area contributed by atoms with Crippen LogP contribution in [0.2, 0.25) is 0 Å². The van der Waals surface area contributed by atoms with Gasteiger partial charge in [-0.2, -0.15) is 0 Å². The number of benzene rings is 1. The van der Waals surface area contributed by atoms with E-state index >= 15 is 0 Å². The molecule has 76 valence electrons. The first-order valence-electron chi connectivity index (χ1n) is 5.36. The molecule has 1 aliphatic carbocycles. The summed E-state index contributed by atoms with van der Waals surface area (Å²) in [6, 6.07) is 10.5. The predicted octanol–water partition coefficient (Wildman–Crippen LogP) is 0.795. The van der Waals surface area contributed by atoms with Gasteiger partial charge in [-0.15, -0.1) is 0 Å². The van der Waals surface area contributed by atoms with Gasteiger partial charge < -0.3 is 9.64 Å². The zero-order valence-electron chi connectivity index (χ0n) is 8.17. The molecule has 3 heteroatoms. The van der Waals surface area contributed by atoms with Crippen molar-refractivity contribution in [2.75, 3.05) is 0 Å². The second kappa shape index (κ2) is 2.42. The Morgan fingerprint density at radius 2 is 2.00 bits per heavy atom. The van der Waals surface area contributed by atoms with Gasteiger partial charge in [-0.3, -0.25) is 4.79 Å². The van der Waals surface area contributed by atoms with Gasteiger partial charge in [-0.1, -0.05) is 30.3 Å². The lowest BCUT2D eigenvalue weighted by Crippen LogP contribution is -2.70. The van der Waals surface area contributed by atoms with E-state index in [1.54, 1.807) is 0 Å². The molecule has 4 unspecified atom stereocenters. The molecule has 2 heterocycles. The van der Waals surface area contributed by atoms with E-state index in [4.69, 9.17) is 4.74 Å². The molecule has 3 nitrogen and oxygen atoms in total. The van der Waals surface area contributed by atoms with Crippen molar-refractivity contribution in [3.63, 3.8) is 0 Å². The highest BCUT2D eigenvalue weighted by Crippen LogP contribution is 2.56. The van der Waals surface area contributed by atoms with Gasteiger partial charge in [-0.25, -0.2) is 0 Å². The average molecular weight is 201 g/mol. The monoisotopic (exact) mass is 201 g/mol. The Labute approximate surface area is 87.6 Å². The highest BCUT2D eigenvalue weighted by atomic mass is 16.6. The molecule has 1 amide bonds. The number of hydrogen-bond acceptors (Lipinski definition) is 2. The van der Waals surface area contributed by atoms with Crippen LogP contribution in [0.5, 0.6) is 0 Å². The van der Waals surface area contributed by atoms with Crippen LogP contribution in [0.25, 0.3) is 0 Å². The van der Waals surface area contributed by atoms with Crippen molar-refractivity contribution in [3.05, 3.63) is 35.9 Å². The lowest BCUT2D eigenvalue weighted by Gasteiger charge is -2.51. The molecule has 4 rings (SSSR count). The van der Waals surface area contributed by atoms with Crippen molar-refractivity contribution < 1.29 is 9.53 Å². The fourth-order valence-corrected chi connectivity index (χ4v) is 2.83. The second-order valence-electron chi connectivity index (χ2n) is 4.53. The third kappa shape index (κ3) is 0.868. The molecule has 15 heavy (non-hydrogen) atoms. The van der Waals surface area contributed by atoms with Crippen molar-refractivity contribution in [2.24, 2.45) is 5.92 Å². The van der Waals surface area contributed by atoms with Crippen LogP contribution >= 0.6 is 0 Å². The van der Waals surface area contributed by atoms with Crippen molar-refractivity contribution in [1.82, 2.24) is 4.90 Å². The summed E-state index contributed by atoms with van der Waals surface area (Å²) >= 11 is 0. The second-order valence-corrected chi connectivity index (χ2v) is 4.53. The molecule has 3 aliphatic rings. The molecule has 0 bridgehead atoms. The summed E-state index contributed by atoms with van der Waals surface area (Å²) in [7, 11) is 0. The van der Waals surface area contributed by atoms with Gasteiger partial charge >= 0.3 is 0 Å². The van der Waals surface area contributed by atoms with Crippen LogP contribution in [-0.4, -0.2) is 29.1 Å². The average Bonchev–Trinajstić information content (AvgIpc) is 2.92. The summed E-state index contributed by atoms with van der Waals surface area (Å²) in [5.41, 5.74) is 1.20. The van der Waals surface area contributed by atoms with Crippen LogP contribution in [0.1, 0.15) is 5.56 Å². The first-order chi connectivity index (χ1) is 7.36. The number of likely N-dealkylation sites (tertiary alicyclic amines) is 1. The number of β-lactam (4-membered cyclic amide) rings is 1. The van der Waals surface area contributed by atoms with E-state index in [-0.39, 0.29) is 17.9 Å². The quantitative estimate of drug-likeness (QED) is 0.523. The summed E-state index contributed by atoms with van der Waals surface area (Å²) in [5, 5.41) is 0. The normalized spacial score (nSPS) is 40.0. The lowest BCUT2D eigenvalue weighted by molar-refractivity contribution is -0.163. The molecule has 0 radical (unpaired) electrons. The number of epoxide rings is 1. The summed E-state index contributed by atoms with van der Waals surface area (Å²) in [5.74, 6) is 0.487. The number of ether oxygens (including phenoxy) is 1. The Kier molecular flexibility index (Phi) is 1.27. The first-order valence-corrected chi connectivity index (χ1v) is 5.36. The Bertz CT molecular complexity index is 431. The SMILES string of the molecule is O=C1C2C3OC3C2N1Cc1ccccc1. The minimum Gasteiger partial charge on any atom is -0.366 e. The standard InChI is InChI=1S/C12H11NO2/c14-12-8-9(11-10(8)15-11)13(12)6-7-4-2-1-3-5-7/h1-5,8-11H,6H2. The number of piperidine rings is 1. The zero-order valence-corrected chi connectivity index (χ0v) is 8.17. The van der Waals surface area contributed by atoms with Crippen LogP contribution in [-0.2, 0) is 16.1 Å². The highest BCUT2D eigenvalue weighted by molar-refractivity contribution is 5.90. The molecule has 0 N–H and O–H groups in total. The topological polar surface area (TPSA) is 32.8 Å². The fourth-order valence-electron chi connectivity index (χ4n) is 2.83. The lowest BCUT2D eigenvalue weighted by atomic mass is 9.70. The van der Waals surface area contributed by atoms with Gasteiger partial charge in [-0.05, 0) is 5.56 Å². The number of carbonyl (C=O) groups excluding carboxylic acids is 1. The molecule has 3 fully saturated rings. The molecule has 1 aromatic rings. The zero-order chi connectivity index (χ0) is 9.99. The first kappa shape index (κ1) is 7.88. The van der Waals surface area contributed by atoms with Gasteiger partial charge in [0.25, 0.3) is 0 Å². The third-order valence-electron chi connectivity index (χ3n) is 3.74. The molecular weight excluding hydrogens is 190 g/mol. The van der Waals surface area contributed by atoms with Crippen LogP contribution in [0.4, 0.5) is 0 Å². The minimum absolute atomic E-state index is 0.207. The van der Waals surface area contributed by atoms with Crippen molar-refractivity contribution in [1.29, 1.82) is 0 Å². The van der Waals surface area contributed by atoms with E-state index in [0.29, 0.717) is 12.1 Å². The van der Waals surface area contributed by atoms with Crippen LogP contribution in [0, 0.1) is 5.92 Å². The van der Waals surface area contributed by atoms with E-state index in [9.17, 15) is 4.79 Å². The summed E-state index contributed by atoms with van der Waals surface area (Å²) < 4.78 is 5.39. The van der Waals surface area contributed by atoms with Crippen LogP contribution in [0.15, 0.2) is 30.3 Å². The van der Waals surface area contributed by atoms with E-state index in [1.807, 2.05) is 23.1 Å². The Morgan fingerprint density at radius 3 is 2.80 bits per heavy atom. The van der Waals surface area contributed by atoms with Gasteiger partial charge in [0.15, 0.2) is 0 Å². The number of nitrogens with zero attached hydrogens (tertiary/aromatic N) is 1. The smallest absolute Gasteiger partial charge is 0.231 e. The number of hydrogen-bond donors (Lipinski definition) is 0. The van der Waals surface area contributed by atoms with E-state index < -0.39 is 0 Å². The highest BCUT2D eigenvalue weighted by Gasteiger charge is 2.75. The molecule has 2 aliphatic heterocycles.